The second-order valence-corrected chi connectivity index (χ2v) is 9.83. The van der Waals surface area contributed by atoms with Gasteiger partial charge < -0.3 is 20.9 Å². The number of likely N-dealkylation sites (N-methyl/N-ethyl adjacent to an activating group) is 1. The zero-order valence-corrected chi connectivity index (χ0v) is 21.1. The Morgan fingerprint density at radius 2 is 1.69 bits per heavy atom. The molecule has 2 aliphatic rings. The molecule has 8 nitrogen and oxygen atoms in total. The highest BCUT2D eigenvalue weighted by Crippen LogP contribution is 2.28. The molecule has 0 radical (unpaired) electrons. The molecule has 2 fully saturated rings. The van der Waals surface area contributed by atoms with Crippen LogP contribution in [0.25, 0.3) is 0 Å². The number of carbonyl (C=O) groups is 4. The highest BCUT2D eigenvalue weighted by molar-refractivity contribution is 6.38. The average molecular weight is 485 g/mol. The van der Waals surface area contributed by atoms with Crippen LogP contribution in [-0.2, 0) is 14.4 Å². The van der Waals surface area contributed by atoms with Gasteiger partial charge in [0.2, 0.25) is 11.7 Å². The van der Waals surface area contributed by atoms with Crippen LogP contribution in [0, 0.1) is 0 Å². The van der Waals surface area contributed by atoms with Gasteiger partial charge in [-0.25, -0.2) is 0 Å². The third-order valence-corrected chi connectivity index (χ3v) is 7.45. The predicted molar refractivity (Wildman–Crippen MR) is 135 cm³/mol. The van der Waals surface area contributed by atoms with Crippen molar-refractivity contribution in [3.63, 3.8) is 0 Å². The summed E-state index contributed by atoms with van der Waals surface area (Å²) in [6.07, 6.45) is 7.74. The molecule has 192 valence electrons. The van der Waals surface area contributed by atoms with Gasteiger partial charge >= 0.3 is 0 Å². The standard InChI is InChI=1S/C27H40N4O4/c1-3-4-13-22(30-26(35)27(28-2)16-9-6-10-17-27)23(32)24(33)29-21-14-18-31(19-15-21)25(34)20-11-7-5-8-12-20/h5,7-8,11-12,21-22,28H,3-4,6,9-10,13-19H2,1-2H3,(H,29,33)(H,30,35)/t22-/m0/s1. The first kappa shape index (κ1) is 26.9. The number of nitrogens with one attached hydrogen (secondary N) is 3. The lowest BCUT2D eigenvalue weighted by Gasteiger charge is -2.36. The van der Waals surface area contributed by atoms with Crippen molar-refractivity contribution in [2.75, 3.05) is 20.1 Å². The summed E-state index contributed by atoms with van der Waals surface area (Å²) in [5.74, 6) is -1.44. The van der Waals surface area contributed by atoms with Gasteiger partial charge in [-0.2, -0.15) is 0 Å². The molecule has 8 heteroatoms. The third kappa shape index (κ3) is 6.90. The lowest BCUT2D eigenvalue weighted by atomic mass is 9.80. The average Bonchev–Trinajstić information content (AvgIpc) is 2.91. The van der Waals surface area contributed by atoms with E-state index in [1.54, 1.807) is 24.1 Å². The maximum atomic E-state index is 13.2. The SMILES string of the molecule is CCCC[C@H](NC(=O)C1(NC)CCCCC1)C(=O)C(=O)NC1CCN(C(=O)c2ccccc2)CC1. The van der Waals surface area contributed by atoms with Gasteiger partial charge in [-0.05, 0) is 51.3 Å². The molecule has 1 aliphatic heterocycles. The molecule has 3 N–H and O–H groups in total. The summed E-state index contributed by atoms with van der Waals surface area (Å²) < 4.78 is 0. The van der Waals surface area contributed by atoms with Crippen LogP contribution < -0.4 is 16.0 Å². The third-order valence-electron chi connectivity index (χ3n) is 7.45. The molecule has 1 aliphatic carbocycles. The highest BCUT2D eigenvalue weighted by atomic mass is 16.2. The van der Waals surface area contributed by atoms with Crippen molar-refractivity contribution in [3.05, 3.63) is 35.9 Å². The van der Waals surface area contributed by atoms with E-state index in [0.29, 0.717) is 37.9 Å². The summed E-state index contributed by atoms with van der Waals surface area (Å²) in [5, 5.41) is 8.95. The Morgan fingerprint density at radius 3 is 2.29 bits per heavy atom. The van der Waals surface area contributed by atoms with Gasteiger partial charge in [-0.15, -0.1) is 0 Å². The molecule has 0 bridgehead atoms. The molecule has 1 atom stereocenters. The number of ketones is 1. The number of benzene rings is 1. The summed E-state index contributed by atoms with van der Waals surface area (Å²) in [5.41, 5.74) is -0.0191. The van der Waals surface area contributed by atoms with E-state index in [2.05, 4.69) is 16.0 Å². The Bertz CT molecular complexity index is 874. The number of likely N-dealkylation sites (tertiary alicyclic amines) is 1. The van der Waals surface area contributed by atoms with Crippen LogP contribution in [0.15, 0.2) is 30.3 Å². The summed E-state index contributed by atoms with van der Waals surface area (Å²) in [6.45, 7) is 3.06. The minimum absolute atomic E-state index is 0.0185. The number of amides is 3. The molecular weight excluding hydrogens is 444 g/mol. The van der Waals surface area contributed by atoms with Crippen LogP contribution in [0.1, 0.15) is 81.5 Å². The summed E-state index contributed by atoms with van der Waals surface area (Å²) in [4.78, 5) is 53.5. The molecule has 35 heavy (non-hydrogen) atoms. The predicted octanol–water partition coefficient (Wildman–Crippen LogP) is 2.57. The van der Waals surface area contributed by atoms with Gasteiger partial charge in [0, 0.05) is 24.7 Å². The molecule has 1 heterocycles. The number of hydrogen-bond donors (Lipinski definition) is 3. The molecule has 1 saturated heterocycles. The molecule has 0 unspecified atom stereocenters. The summed E-state index contributed by atoms with van der Waals surface area (Å²) >= 11 is 0. The van der Waals surface area contributed by atoms with Crippen LogP contribution in [0.3, 0.4) is 0 Å². The van der Waals surface area contributed by atoms with Gasteiger partial charge in [0.05, 0.1) is 11.6 Å². The molecule has 1 aromatic rings. The van der Waals surface area contributed by atoms with Gasteiger partial charge in [0.15, 0.2) is 0 Å². The van der Waals surface area contributed by atoms with E-state index >= 15 is 0 Å². The monoisotopic (exact) mass is 484 g/mol. The first-order chi connectivity index (χ1) is 16.9. The molecule has 3 amide bonds. The zero-order valence-electron chi connectivity index (χ0n) is 21.1. The first-order valence-corrected chi connectivity index (χ1v) is 13.1. The topological polar surface area (TPSA) is 108 Å². The van der Waals surface area contributed by atoms with E-state index in [1.807, 2.05) is 25.1 Å². The number of unbranched alkanes of at least 4 members (excludes halogenated alkanes) is 1. The van der Waals surface area contributed by atoms with Crippen molar-refractivity contribution in [3.8, 4) is 0 Å². The van der Waals surface area contributed by atoms with Crippen LogP contribution in [0.5, 0.6) is 0 Å². The zero-order chi connectivity index (χ0) is 25.3. The second-order valence-electron chi connectivity index (χ2n) is 9.83. The van der Waals surface area contributed by atoms with Crippen LogP contribution in [0.2, 0.25) is 0 Å². The van der Waals surface area contributed by atoms with Crippen LogP contribution in [-0.4, -0.2) is 66.2 Å². The summed E-state index contributed by atoms with van der Waals surface area (Å²) in [7, 11) is 1.79. The Balaban J connectivity index is 1.55. The Hall–Kier alpha value is -2.74. The largest absolute Gasteiger partial charge is 0.347 e. The first-order valence-electron chi connectivity index (χ1n) is 13.1. The lowest BCUT2D eigenvalue weighted by molar-refractivity contribution is -0.141. The molecular formula is C27H40N4O4. The van der Waals surface area contributed by atoms with Crippen molar-refractivity contribution in [1.82, 2.24) is 20.9 Å². The van der Waals surface area contributed by atoms with E-state index in [1.165, 1.54) is 0 Å². The van der Waals surface area contributed by atoms with Crippen molar-refractivity contribution in [2.24, 2.45) is 0 Å². The smallest absolute Gasteiger partial charge is 0.289 e. The fourth-order valence-electron chi connectivity index (χ4n) is 5.12. The lowest BCUT2D eigenvalue weighted by Crippen LogP contribution is -2.60. The summed E-state index contributed by atoms with van der Waals surface area (Å²) in [6, 6.07) is 8.15. The van der Waals surface area contributed by atoms with E-state index in [4.69, 9.17) is 0 Å². The molecule has 1 aromatic carbocycles. The molecule has 3 rings (SSSR count). The Morgan fingerprint density at radius 1 is 1.03 bits per heavy atom. The molecule has 0 spiro atoms. The van der Waals surface area contributed by atoms with Gasteiger partial charge in [0.25, 0.3) is 11.8 Å². The van der Waals surface area contributed by atoms with Crippen LogP contribution in [0.4, 0.5) is 0 Å². The maximum absolute atomic E-state index is 13.2. The van der Waals surface area contributed by atoms with Crippen molar-refractivity contribution >= 4 is 23.5 Å². The second kappa shape index (κ2) is 12.8. The minimum Gasteiger partial charge on any atom is -0.347 e. The Labute approximate surface area is 208 Å². The number of piperidine rings is 1. The number of rotatable bonds is 10. The minimum atomic E-state index is -0.825. The normalized spacial score (nSPS) is 19.0. The molecule has 1 saturated carbocycles. The van der Waals surface area contributed by atoms with E-state index in [0.717, 1.165) is 44.9 Å². The highest BCUT2D eigenvalue weighted by Gasteiger charge is 2.40. The van der Waals surface area contributed by atoms with Crippen molar-refractivity contribution < 1.29 is 19.2 Å². The van der Waals surface area contributed by atoms with E-state index < -0.39 is 23.3 Å². The quantitative estimate of drug-likeness (QED) is 0.443. The van der Waals surface area contributed by atoms with Crippen molar-refractivity contribution in [1.29, 1.82) is 0 Å². The Kier molecular flexibility index (Phi) is 9.83. The fourth-order valence-corrected chi connectivity index (χ4v) is 5.12. The van der Waals surface area contributed by atoms with Gasteiger partial charge in [0.1, 0.15) is 0 Å². The number of Topliss-reactive ketones (excluding diaryl/α,β-unsaturated/α-hetero) is 1. The van der Waals surface area contributed by atoms with E-state index in [9.17, 15) is 19.2 Å². The fraction of sp³-hybridized carbons (Fsp3) is 0.630. The van der Waals surface area contributed by atoms with E-state index in [-0.39, 0.29) is 17.9 Å². The molecule has 0 aromatic heterocycles. The maximum Gasteiger partial charge on any atom is 0.289 e. The van der Waals surface area contributed by atoms with Gasteiger partial charge in [-0.3, -0.25) is 19.2 Å². The number of nitrogens with zero attached hydrogens (tertiary/aromatic N) is 1. The van der Waals surface area contributed by atoms with Crippen molar-refractivity contribution in [2.45, 2.75) is 88.8 Å². The number of hydrogen-bond acceptors (Lipinski definition) is 5. The van der Waals surface area contributed by atoms with Crippen LogP contribution >= 0.6 is 0 Å². The van der Waals surface area contributed by atoms with Gasteiger partial charge in [-0.1, -0.05) is 57.2 Å². The number of carbonyl (C=O) groups excluding carboxylic acids is 4.